The van der Waals surface area contributed by atoms with Crippen LogP contribution < -0.4 is 5.32 Å². The quantitative estimate of drug-likeness (QED) is 0.756. The van der Waals surface area contributed by atoms with Crippen LogP contribution in [0.5, 0.6) is 0 Å². The van der Waals surface area contributed by atoms with Crippen LogP contribution in [0.3, 0.4) is 0 Å². The molecule has 0 aliphatic carbocycles. The van der Waals surface area contributed by atoms with Crippen molar-refractivity contribution in [1.29, 1.82) is 0 Å². The van der Waals surface area contributed by atoms with E-state index in [0.29, 0.717) is 23.7 Å². The van der Waals surface area contributed by atoms with Crippen LogP contribution in [0.2, 0.25) is 0 Å². The Kier molecular flexibility index (Phi) is 7.20. The fourth-order valence-electron chi connectivity index (χ4n) is 2.28. The van der Waals surface area contributed by atoms with E-state index in [1.165, 1.54) is 0 Å². The monoisotopic (exact) mass is 280 g/mol. The minimum atomic E-state index is 0.604. The molecule has 0 amide bonds. The molecule has 4 nitrogen and oxygen atoms in total. The van der Waals surface area contributed by atoms with Gasteiger partial charge in [0.1, 0.15) is 12.2 Å². The Balaban J connectivity index is 2.59. The molecule has 0 saturated carbocycles. The molecule has 0 aromatic carbocycles. The van der Waals surface area contributed by atoms with Crippen LogP contribution in [0.1, 0.15) is 47.4 Å². The third kappa shape index (κ3) is 6.04. The average molecular weight is 280 g/mol. The summed E-state index contributed by atoms with van der Waals surface area (Å²) in [7, 11) is 0. The zero-order chi connectivity index (χ0) is 15.1. The lowest BCUT2D eigenvalue weighted by molar-refractivity contribution is 0.337. The van der Waals surface area contributed by atoms with Gasteiger partial charge < -0.3 is 5.32 Å². The number of nitrogens with one attached hydrogen (secondary N) is 1. The number of aromatic nitrogens is 3. The lowest BCUT2D eigenvalue weighted by atomic mass is 9.92. The number of rotatable bonds is 9. The second-order valence-electron chi connectivity index (χ2n) is 7.01. The molecule has 0 saturated heterocycles. The summed E-state index contributed by atoms with van der Waals surface area (Å²) in [6.45, 7) is 16.6. The molecule has 0 bridgehead atoms. The maximum atomic E-state index is 4.46. The molecule has 1 N–H and O–H groups in total. The first-order chi connectivity index (χ1) is 9.40. The van der Waals surface area contributed by atoms with Crippen LogP contribution in [-0.4, -0.2) is 27.9 Å². The van der Waals surface area contributed by atoms with Gasteiger partial charge >= 0.3 is 0 Å². The first kappa shape index (κ1) is 17.2. The average Bonchev–Trinajstić information content (AvgIpc) is 2.73. The number of nitrogens with zero attached hydrogens (tertiary/aromatic N) is 3. The highest BCUT2D eigenvalue weighted by Crippen LogP contribution is 2.16. The zero-order valence-corrected chi connectivity index (χ0v) is 14.1. The molecule has 1 rings (SSSR count). The summed E-state index contributed by atoms with van der Waals surface area (Å²) in [6, 6.07) is 0. The minimum Gasteiger partial charge on any atom is -0.316 e. The summed E-state index contributed by atoms with van der Waals surface area (Å²) in [6.07, 6.45) is 2.70. The second-order valence-corrected chi connectivity index (χ2v) is 7.01. The van der Waals surface area contributed by atoms with Crippen molar-refractivity contribution in [1.82, 2.24) is 20.1 Å². The molecule has 1 heterocycles. The Bertz CT molecular complexity index is 368. The predicted molar refractivity (Wildman–Crippen MR) is 84.6 cm³/mol. The van der Waals surface area contributed by atoms with E-state index in [-0.39, 0.29) is 0 Å². The second kappa shape index (κ2) is 8.40. The molecule has 20 heavy (non-hydrogen) atoms. The molecule has 0 radical (unpaired) electrons. The summed E-state index contributed by atoms with van der Waals surface area (Å²) in [4.78, 5) is 4.46. The van der Waals surface area contributed by atoms with E-state index in [9.17, 15) is 0 Å². The summed E-state index contributed by atoms with van der Waals surface area (Å²) in [5, 5.41) is 7.94. The largest absolute Gasteiger partial charge is 0.316 e. The van der Waals surface area contributed by atoms with Crippen molar-refractivity contribution in [2.45, 2.75) is 54.5 Å². The van der Waals surface area contributed by atoms with Crippen molar-refractivity contribution in [3.05, 3.63) is 12.2 Å². The summed E-state index contributed by atoms with van der Waals surface area (Å²) >= 11 is 0. The SMILES string of the molecule is CC(C)CNCC(Cc1ncnn1CC(C)C)C(C)C. The summed E-state index contributed by atoms with van der Waals surface area (Å²) in [5.41, 5.74) is 0. The third-order valence-corrected chi connectivity index (χ3v) is 3.58. The maximum absolute atomic E-state index is 4.46. The fourth-order valence-corrected chi connectivity index (χ4v) is 2.28. The van der Waals surface area contributed by atoms with Gasteiger partial charge in [0.25, 0.3) is 0 Å². The number of hydrogen-bond acceptors (Lipinski definition) is 3. The summed E-state index contributed by atoms with van der Waals surface area (Å²) in [5.74, 6) is 3.70. The van der Waals surface area contributed by atoms with Crippen molar-refractivity contribution in [2.75, 3.05) is 13.1 Å². The zero-order valence-electron chi connectivity index (χ0n) is 14.1. The molecule has 0 fully saturated rings. The molecule has 0 aliphatic rings. The molecule has 116 valence electrons. The van der Waals surface area contributed by atoms with Crippen molar-refractivity contribution in [3.8, 4) is 0 Å². The van der Waals surface area contributed by atoms with Crippen LogP contribution in [0, 0.1) is 23.7 Å². The van der Waals surface area contributed by atoms with Gasteiger partial charge in [-0.05, 0) is 36.8 Å². The van der Waals surface area contributed by atoms with E-state index in [0.717, 1.165) is 31.9 Å². The Morgan fingerprint density at radius 3 is 2.30 bits per heavy atom. The van der Waals surface area contributed by atoms with Crippen LogP contribution in [-0.2, 0) is 13.0 Å². The van der Waals surface area contributed by atoms with Crippen molar-refractivity contribution < 1.29 is 0 Å². The molecule has 1 aromatic heterocycles. The highest BCUT2D eigenvalue weighted by atomic mass is 15.3. The van der Waals surface area contributed by atoms with Gasteiger partial charge in [-0.25, -0.2) is 9.67 Å². The maximum Gasteiger partial charge on any atom is 0.138 e. The van der Waals surface area contributed by atoms with Crippen LogP contribution in [0.4, 0.5) is 0 Å². The van der Waals surface area contributed by atoms with E-state index < -0.39 is 0 Å². The fraction of sp³-hybridized carbons (Fsp3) is 0.875. The lowest BCUT2D eigenvalue weighted by Gasteiger charge is -2.22. The van der Waals surface area contributed by atoms with Crippen LogP contribution >= 0.6 is 0 Å². The van der Waals surface area contributed by atoms with E-state index in [1.807, 2.05) is 0 Å². The number of hydrogen-bond donors (Lipinski definition) is 1. The molecule has 1 atom stereocenters. The van der Waals surface area contributed by atoms with Crippen molar-refractivity contribution in [2.24, 2.45) is 23.7 Å². The predicted octanol–water partition coefficient (Wildman–Crippen LogP) is 2.99. The Morgan fingerprint density at radius 1 is 1.05 bits per heavy atom. The first-order valence-corrected chi connectivity index (χ1v) is 7.97. The van der Waals surface area contributed by atoms with E-state index in [1.54, 1.807) is 6.33 Å². The third-order valence-electron chi connectivity index (χ3n) is 3.58. The molecule has 0 spiro atoms. The van der Waals surface area contributed by atoms with Gasteiger partial charge in [-0.1, -0.05) is 41.5 Å². The van der Waals surface area contributed by atoms with Crippen molar-refractivity contribution in [3.63, 3.8) is 0 Å². The van der Waals surface area contributed by atoms with E-state index in [4.69, 9.17) is 0 Å². The molecule has 1 unspecified atom stereocenters. The van der Waals surface area contributed by atoms with Gasteiger partial charge in [-0.2, -0.15) is 5.10 Å². The van der Waals surface area contributed by atoms with Gasteiger partial charge in [0, 0.05) is 13.0 Å². The molecular weight excluding hydrogens is 248 g/mol. The van der Waals surface area contributed by atoms with Gasteiger partial charge in [0.2, 0.25) is 0 Å². The molecular formula is C16H32N4. The van der Waals surface area contributed by atoms with Crippen LogP contribution in [0.25, 0.3) is 0 Å². The minimum absolute atomic E-state index is 0.604. The summed E-state index contributed by atoms with van der Waals surface area (Å²) < 4.78 is 2.07. The molecule has 0 aliphatic heterocycles. The highest BCUT2D eigenvalue weighted by molar-refractivity contribution is 4.89. The van der Waals surface area contributed by atoms with Gasteiger partial charge in [0.15, 0.2) is 0 Å². The first-order valence-electron chi connectivity index (χ1n) is 7.97. The van der Waals surface area contributed by atoms with Crippen molar-refractivity contribution >= 4 is 0 Å². The van der Waals surface area contributed by atoms with Gasteiger partial charge in [-0.15, -0.1) is 0 Å². The molecule has 4 heteroatoms. The van der Waals surface area contributed by atoms with Crippen LogP contribution in [0.15, 0.2) is 6.33 Å². The van der Waals surface area contributed by atoms with E-state index in [2.05, 4.69) is 61.6 Å². The lowest BCUT2D eigenvalue weighted by Crippen LogP contribution is -2.31. The Morgan fingerprint density at radius 2 is 1.75 bits per heavy atom. The standard InChI is InChI=1S/C16H32N4/c1-12(2)8-17-9-15(14(5)6)7-16-18-11-19-20(16)10-13(3)4/h11-15,17H,7-10H2,1-6H3. The topological polar surface area (TPSA) is 42.7 Å². The normalized spacial score (nSPS) is 13.7. The van der Waals surface area contributed by atoms with Gasteiger partial charge in [-0.3, -0.25) is 0 Å². The Hall–Kier alpha value is -0.900. The van der Waals surface area contributed by atoms with E-state index >= 15 is 0 Å². The smallest absolute Gasteiger partial charge is 0.138 e. The van der Waals surface area contributed by atoms with Gasteiger partial charge in [0.05, 0.1) is 0 Å². The Labute approximate surface area is 124 Å². The molecule has 1 aromatic rings. The highest BCUT2D eigenvalue weighted by Gasteiger charge is 2.17.